The molecule has 0 aliphatic carbocycles. The molecule has 8 heteroatoms. The van der Waals surface area contributed by atoms with E-state index in [1.165, 1.54) is 0 Å². The van der Waals surface area contributed by atoms with Crippen molar-refractivity contribution in [3.05, 3.63) is 0 Å². The fraction of sp³-hybridized carbons (Fsp3) is 0.917. The Balaban J connectivity index is 1.76. The predicted molar refractivity (Wildman–Crippen MR) is 78.7 cm³/mol. The highest BCUT2D eigenvalue weighted by Crippen LogP contribution is 2.18. The highest BCUT2D eigenvalue weighted by atomic mass is 35.5. The van der Waals surface area contributed by atoms with Crippen LogP contribution in [0.1, 0.15) is 6.42 Å². The second kappa shape index (κ2) is 6.60. The molecule has 116 valence electrons. The molecule has 0 spiro atoms. The van der Waals surface area contributed by atoms with Gasteiger partial charge in [0.15, 0.2) is 9.84 Å². The Labute approximate surface area is 125 Å². The summed E-state index contributed by atoms with van der Waals surface area (Å²) in [6.45, 7) is 3.09. The first-order chi connectivity index (χ1) is 9.39. The summed E-state index contributed by atoms with van der Waals surface area (Å²) in [4.78, 5) is 14.1. The van der Waals surface area contributed by atoms with Gasteiger partial charge in [0.05, 0.1) is 29.5 Å². The van der Waals surface area contributed by atoms with Crippen molar-refractivity contribution in [2.24, 2.45) is 5.92 Å². The van der Waals surface area contributed by atoms with E-state index >= 15 is 0 Å². The Kier molecular flexibility index (Phi) is 5.28. The number of halogens is 1. The van der Waals surface area contributed by atoms with E-state index in [4.69, 9.17) is 11.6 Å². The number of sulfone groups is 1. The van der Waals surface area contributed by atoms with Crippen LogP contribution in [0.3, 0.4) is 0 Å². The molecule has 0 aromatic heterocycles. The average Bonchev–Trinajstić information content (AvgIpc) is 2.84. The fourth-order valence-corrected chi connectivity index (χ4v) is 5.45. The monoisotopic (exact) mass is 323 g/mol. The lowest BCUT2D eigenvalue weighted by atomic mass is 10.1. The number of nitrogens with one attached hydrogen (secondary N) is 2. The molecule has 2 aliphatic heterocycles. The van der Waals surface area contributed by atoms with Gasteiger partial charge in [0.25, 0.3) is 0 Å². The van der Waals surface area contributed by atoms with Crippen molar-refractivity contribution in [1.82, 2.24) is 15.5 Å². The smallest absolute Gasteiger partial charge is 0.234 e. The van der Waals surface area contributed by atoms with E-state index in [1.807, 2.05) is 7.05 Å². The van der Waals surface area contributed by atoms with Crippen molar-refractivity contribution < 1.29 is 13.2 Å². The van der Waals surface area contributed by atoms with Crippen LogP contribution < -0.4 is 10.6 Å². The lowest BCUT2D eigenvalue weighted by Crippen LogP contribution is -2.45. The van der Waals surface area contributed by atoms with Gasteiger partial charge in [-0.3, -0.25) is 9.69 Å². The molecule has 2 rings (SSSR count). The third kappa shape index (κ3) is 4.31. The third-order valence-electron chi connectivity index (χ3n) is 3.86. The van der Waals surface area contributed by atoms with Crippen LogP contribution in [0.2, 0.25) is 0 Å². The molecule has 0 aromatic rings. The Morgan fingerprint density at radius 3 is 2.75 bits per heavy atom. The van der Waals surface area contributed by atoms with Crippen molar-refractivity contribution in [3.63, 3.8) is 0 Å². The summed E-state index contributed by atoms with van der Waals surface area (Å²) in [7, 11) is -1.18. The van der Waals surface area contributed by atoms with Gasteiger partial charge in [0.2, 0.25) is 5.91 Å². The average molecular weight is 324 g/mol. The fourth-order valence-electron chi connectivity index (χ4n) is 2.90. The zero-order chi connectivity index (χ0) is 14.8. The molecule has 20 heavy (non-hydrogen) atoms. The van der Waals surface area contributed by atoms with Crippen molar-refractivity contribution >= 4 is 27.3 Å². The summed E-state index contributed by atoms with van der Waals surface area (Å²) in [5.41, 5.74) is 0. The van der Waals surface area contributed by atoms with E-state index in [0.29, 0.717) is 12.5 Å². The number of rotatable bonds is 5. The van der Waals surface area contributed by atoms with E-state index in [2.05, 4.69) is 15.5 Å². The summed E-state index contributed by atoms with van der Waals surface area (Å²) in [6.07, 6.45) is 1.09. The predicted octanol–water partition coefficient (Wildman–Crippen LogP) is -0.952. The van der Waals surface area contributed by atoms with Crippen molar-refractivity contribution in [3.8, 4) is 0 Å². The molecule has 6 nitrogen and oxygen atoms in total. The number of carbonyl (C=O) groups is 1. The Morgan fingerprint density at radius 1 is 1.40 bits per heavy atom. The number of hydrogen-bond donors (Lipinski definition) is 2. The molecule has 0 bridgehead atoms. The lowest BCUT2D eigenvalue weighted by Gasteiger charge is -2.19. The van der Waals surface area contributed by atoms with Gasteiger partial charge in [-0.05, 0) is 32.5 Å². The summed E-state index contributed by atoms with van der Waals surface area (Å²) in [6, 6.07) is -0.454. The number of amides is 1. The number of nitrogens with zero attached hydrogens (tertiary/aromatic N) is 1. The van der Waals surface area contributed by atoms with E-state index in [9.17, 15) is 13.2 Å². The number of likely N-dealkylation sites (tertiary alicyclic amines) is 1. The first-order valence-electron chi connectivity index (χ1n) is 6.90. The minimum atomic E-state index is -3.10. The Hall–Kier alpha value is -0.370. The maximum absolute atomic E-state index is 12.0. The standard InChI is InChI=1S/C12H22ClN3O3S/c1-14-4-9-2-3-16(5-9)6-12(17)15-11-8-20(18,19)7-10(11)13/h9-11,14H,2-8H2,1H3,(H,15,17). The second-order valence-corrected chi connectivity index (χ2v) is 8.43. The molecule has 0 saturated carbocycles. The van der Waals surface area contributed by atoms with Crippen molar-refractivity contribution in [2.75, 3.05) is 44.7 Å². The first-order valence-corrected chi connectivity index (χ1v) is 9.16. The van der Waals surface area contributed by atoms with Gasteiger partial charge in [-0.1, -0.05) is 0 Å². The van der Waals surface area contributed by atoms with Gasteiger partial charge < -0.3 is 10.6 Å². The van der Waals surface area contributed by atoms with E-state index in [-0.39, 0.29) is 17.4 Å². The first kappa shape index (κ1) is 16.0. The number of alkyl halides is 1. The van der Waals surface area contributed by atoms with Crippen LogP contribution in [0.15, 0.2) is 0 Å². The van der Waals surface area contributed by atoms with Crippen LogP contribution in [0.4, 0.5) is 0 Å². The molecule has 2 saturated heterocycles. The largest absolute Gasteiger partial charge is 0.350 e. The zero-order valence-corrected chi connectivity index (χ0v) is 13.2. The quantitative estimate of drug-likeness (QED) is 0.638. The topological polar surface area (TPSA) is 78.5 Å². The summed E-state index contributed by atoms with van der Waals surface area (Å²) < 4.78 is 22.9. The molecule has 2 heterocycles. The van der Waals surface area contributed by atoms with Crippen LogP contribution in [0.5, 0.6) is 0 Å². The van der Waals surface area contributed by atoms with Crippen molar-refractivity contribution in [2.45, 2.75) is 17.8 Å². The maximum atomic E-state index is 12.0. The highest BCUT2D eigenvalue weighted by Gasteiger charge is 2.37. The summed E-state index contributed by atoms with van der Waals surface area (Å²) in [5, 5.41) is 5.38. The van der Waals surface area contributed by atoms with Crippen LogP contribution in [-0.2, 0) is 14.6 Å². The van der Waals surface area contributed by atoms with Gasteiger partial charge >= 0.3 is 0 Å². The molecule has 1 amide bonds. The van der Waals surface area contributed by atoms with Gasteiger partial charge in [-0.2, -0.15) is 0 Å². The molecule has 2 fully saturated rings. The van der Waals surface area contributed by atoms with E-state index < -0.39 is 21.3 Å². The van der Waals surface area contributed by atoms with Gasteiger partial charge in [-0.25, -0.2) is 8.42 Å². The minimum Gasteiger partial charge on any atom is -0.350 e. The van der Waals surface area contributed by atoms with Crippen molar-refractivity contribution in [1.29, 1.82) is 0 Å². The van der Waals surface area contributed by atoms with Crippen LogP contribution >= 0.6 is 11.6 Å². The Bertz CT molecular complexity index is 457. The number of carbonyl (C=O) groups excluding carboxylic acids is 1. The van der Waals surface area contributed by atoms with E-state index in [0.717, 1.165) is 26.1 Å². The second-order valence-electron chi connectivity index (χ2n) is 5.71. The van der Waals surface area contributed by atoms with Gasteiger partial charge in [0.1, 0.15) is 0 Å². The number of hydrogen-bond acceptors (Lipinski definition) is 5. The van der Waals surface area contributed by atoms with Gasteiger partial charge in [-0.15, -0.1) is 11.6 Å². The molecule has 0 radical (unpaired) electrons. The third-order valence-corrected chi connectivity index (χ3v) is 6.24. The zero-order valence-electron chi connectivity index (χ0n) is 11.6. The normalized spacial score (nSPS) is 33.4. The molecule has 3 unspecified atom stereocenters. The molecule has 0 aromatic carbocycles. The van der Waals surface area contributed by atoms with Gasteiger partial charge in [0, 0.05) is 6.54 Å². The van der Waals surface area contributed by atoms with Crippen LogP contribution in [-0.4, -0.2) is 75.4 Å². The van der Waals surface area contributed by atoms with Crippen LogP contribution in [0.25, 0.3) is 0 Å². The lowest BCUT2D eigenvalue weighted by molar-refractivity contribution is -0.122. The summed E-state index contributed by atoms with van der Waals surface area (Å²) >= 11 is 5.97. The van der Waals surface area contributed by atoms with E-state index in [1.54, 1.807) is 0 Å². The Morgan fingerprint density at radius 2 is 2.15 bits per heavy atom. The highest BCUT2D eigenvalue weighted by molar-refractivity contribution is 7.91. The summed E-state index contributed by atoms with van der Waals surface area (Å²) in [5.74, 6) is 0.353. The molecule has 3 atom stereocenters. The molecule has 2 aliphatic rings. The van der Waals surface area contributed by atoms with Crippen LogP contribution in [0, 0.1) is 5.92 Å². The molecule has 2 N–H and O–H groups in total. The SMILES string of the molecule is CNCC1CCN(CC(=O)NC2CS(=O)(=O)CC2Cl)C1. The molecular weight excluding hydrogens is 302 g/mol. The maximum Gasteiger partial charge on any atom is 0.234 e. The molecular formula is C12H22ClN3O3S. The minimum absolute atomic E-state index is 0.0463.